The third kappa shape index (κ3) is 1.68. The molecule has 0 aliphatic carbocycles. The molecule has 2 aliphatic heterocycles. The van der Waals surface area contributed by atoms with Gasteiger partial charge in [0, 0.05) is 6.61 Å². The predicted octanol–water partition coefficient (Wildman–Crippen LogP) is 0.886. The maximum absolute atomic E-state index is 5.36. The minimum Gasteiger partial charge on any atom is -0.353 e. The standard InChI is InChI=1S/C7H12O3/c1-2-4-8-6(3-1)10-7-5-9-7/h6-7H,1-5H2/t6?,7-/m0/s1. The Morgan fingerprint density at radius 3 is 2.60 bits per heavy atom. The lowest BCUT2D eigenvalue weighted by Gasteiger charge is -2.21. The van der Waals surface area contributed by atoms with Crippen LogP contribution in [0.1, 0.15) is 19.3 Å². The summed E-state index contributed by atoms with van der Waals surface area (Å²) in [5.74, 6) is 0. The van der Waals surface area contributed by atoms with Gasteiger partial charge in [-0.3, -0.25) is 0 Å². The minimum absolute atomic E-state index is 0.0150. The first-order valence-electron chi connectivity index (χ1n) is 3.84. The van der Waals surface area contributed by atoms with Crippen molar-refractivity contribution in [3.05, 3.63) is 0 Å². The molecule has 0 N–H and O–H groups in total. The first kappa shape index (κ1) is 6.58. The third-order valence-electron chi connectivity index (χ3n) is 1.74. The first-order valence-corrected chi connectivity index (χ1v) is 3.84. The van der Waals surface area contributed by atoms with Crippen LogP contribution in [0.25, 0.3) is 0 Å². The van der Waals surface area contributed by atoms with Crippen LogP contribution in [-0.2, 0) is 14.2 Å². The van der Waals surface area contributed by atoms with Crippen LogP contribution in [0.2, 0.25) is 0 Å². The molecule has 2 fully saturated rings. The van der Waals surface area contributed by atoms with Gasteiger partial charge in [0.15, 0.2) is 12.6 Å². The SMILES string of the molecule is C1CCC(O[C@H]2CO2)OC1. The zero-order valence-corrected chi connectivity index (χ0v) is 5.91. The first-order chi connectivity index (χ1) is 4.95. The number of rotatable bonds is 2. The van der Waals surface area contributed by atoms with Crippen molar-refractivity contribution in [3.8, 4) is 0 Å². The highest BCUT2D eigenvalue weighted by Gasteiger charge is 2.28. The van der Waals surface area contributed by atoms with Crippen LogP contribution in [0.15, 0.2) is 0 Å². The van der Waals surface area contributed by atoms with Gasteiger partial charge < -0.3 is 14.2 Å². The summed E-state index contributed by atoms with van der Waals surface area (Å²) < 4.78 is 15.6. The van der Waals surface area contributed by atoms with Gasteiger partial charge in [-0.2, -0.15) is 0 Å². The zero-order valence-electron chi connectivity index (χ0n) is 5.91. The van der Waals surface area contributed by atoms with E-state index in [1.165, 1.54) is 12.8 Å². The highest BCUT2D eigenvalue weighted by molar-refractivity contribution is 4.60. The maximum Gasteiger partial charge on any atom is 0.184 e. The van der Waals surface area contributed by atoms with Crippen LogP contribution in [0.3, 0.4) is 0 Å². The number of ether oxygens (including phenoxy) is 3. The quantitative estimate of drug-likeness (QED) is 0.539. The van der Waals surface area contributed by atoms with Crippen molar-refractivity contribution in [2.75, 3.05) is 13.2 Å². The van der Waals surface area contributed by atoms with E-state index in [0.29, 0.717) is 0 Å². The molecule has 0 aromatic rings. The fourth-order valence-corrected chi connectivity index (χ4v) is 1.11. The minimum atomic E-state index is 0.0150. The molecule has 10 heavy (non-hydrogen) atoms. The second-order valence-corrected chi connectivity index (χ2v) is 2.70. The molecule has 1 unspecified atom stereocenters. The van der Waals surface area contributed by atoms with Gasteiger partial charge in [0.25, 0.3) is 0 Å². The molecule has 0 aromatic heterocycles. The Labute approximate surface area is 60.3 Å². The Morgan fingerprint density at radius 1 is 1.10 bits per heavy atom. The van der Waals surface area contributed by atoms with E-state index >= 15 is 0 Å². The van der Waals surface area contributed by atoms with E-state index < -0.39 is 0 Å². The summed E-state index contributed by atoms with van der Waals surface area (Å²) in [4.78, 5) is 0. The molecule has 2 atom stereocenters. The average Bonchev–Trinajstić information content (AvgIpc) is 2.74. The van der Waals surface area contributed by atoms with Gasteiger partial charge >= 0.3 is 0 Å². The molecule has 2 aliphatic rings. The summed E-state index contributed by atoms with van der Waals surface area (Å²) in [6, 6.07) is 0. The zero-order chi connectivity index (χ0) is 6.81. The molecule has 0 bridgehead atoms. The number of hydrogen-bond donors (Lipinski definition) is 0. The van der Waals surface area contributed by atoms with E-state index in [4.69, 9.17) is 14.2 Å². The molecule has 0 aromatic carbocycles. The van der Waals surface area contributed by atoms with E-state index in [2.05, 4.69) is 0 Å². The fraction of sp³-hybridized carbons (Fsp3) is 1.00. The topological polar surface area (TPSA) is 31.0 Å². The number of epoxide rings is 1. The largest absolute Gasteiger partial charge is 0.353 e. The van der Waals surface area contributed by atoms with Gasteiger partial charge in [-0.05, 0) is 19.3 Å². The molecule has 0 saturated carbocycles. The summed E-state index contributed by atoms with van der Waals surface area (Å²) in [5, 5.41) is 0. The van der Waals surface area contributed by atoms with Gasteiger partial charge in [0.1, 0.15) is 6.61 Å². The lowest BCUT2D eigenvalue weighted by molar-refractivity contribution is -0.184. The third-order valence-corrected chi connectivity index (χ3v) is 1.74. The van der Waals surface area contributed by atoms with Gasteiger partial charge in [0.2, 0.25) is 0 Å². The molecule has 2 saturated heterocycles. The Bertz CT molecular complexity index is 105. The second-order valence-electron chi connectivity index (χ2n) is 2.70. The van der Waals surface area contributed by atoms with E-state index in [-0.39, 0.29) is 12.6 Å². The lowest BCUT2D eigenvalue weighted by atomic mass is 10.2. The van der Waals surface area contributed by atoms with Gasteiger partial charge in [-0.1, -0.05) is 0 Å². The molecular weight excluding hydrogens is 132 g/mol. The van der Waals surface area contributed by atoms with Crippen molar-refractivity contribution in [1.82, 2.24) is 0 Å². The van der Waals surface area contributed by atoms with Crippen LogP contribution in [0, 0.1) is 0 Å². The van der Waals surface area contributed by atoms with Crippen molar-refractivity contribution in [2.45, 2.75) is 31.8 Å². The van der Waals surface area contributed by atoms with E-state index in [9.17, 15) is 0 Å². The summed E-state index contributed by atoms with van der Waals surface area (Å²) in [5.41, 5.74) is 0. The van der Waals surface area contributed by atoms with Crippen molar-refractivity contribution in [1.29, 1.82) is 0 Å². The van der Waals surface area contributed by atoms with Crippen LogP contribution in [0.4, 0.5) is 0 Å². The maximum atomic E-state index is 5.36. The molecule has 0 radical (unpaired) electrons. The molecule has 3 nitrogen and oxygen atoms in total. The number of hydrogen-bond acceptors (Lipinski definition) is 3. The van der Waals surface area contributed by atoms with E-state index in [1.54, 1.807) is 0 Å². The van der Waals surface area contributed by atoms with Crippen molar-refractivity contribution < 1.29 is 14.2 Å². The highest BCUT2D eigenvalue weighted by Crippen LogP contribution is 2.20. The average molecular weight is 144 g/mol. The fourth-order valence-electron chi connectivity index (χ4n) is 1.11. The smallest absolute Gasteiger partial charge is 0.184 e. The predicted molar refractivity (Wildman–Crippen MR) is 34.4 cm³/mol. The van der Waals surface area contributed by atoms with Crippen molar-refractivity contribution in [2.24, 2.45) is 0 Å². The van der Waals surface area contributed by atoms with Gasteiger partial charge in [-0.25, -0.2) is 0 Å². The molecule has 0 spiro atoms. The monoisotopic (exact) mass is 144 g/mol. The molecule has 58 valence electrons. The Hall–Kier alpha value is -0.120. The molecule has 2 rings (SSSR count). The lowest BCUT2D eigenvalue weighted by Crippen LogP contribution is -2.23. The summed E-state index contributed by atoms with van der Waals surface area (Å²) in [6.45, 7) is 1.59. The van der Waals surface area contributed by atoms with Gasteiger partial charge in [0.05, 0.1) is 0 Å². The normalized spacial score (nSPS) is 39.6. The van der Waals surface area contributed by atoms with Gasteiger partial charge in [-0.15, -0.1) is 0 Å². The van der Waals surface area contributed by atoms with Crippen LogP contribution >= 0.6 is 0 Å². The second kappa shape index (κ2) is 2.86. The summed E-state index contributed by atoms with van der Waals surface area (Å²) in [6.07, 6.45) is 3.48. The van der Waals surface area contributed by atoms with Crippen molar-refractivity contribution in [3.63, 3.8) is 0 Å². The van der Waals surface area contributed by atoms with E-state index in [0.717, 1.165) is 19.6 Å². The molecule has 2 heterocycles. The van der Waals surface area contributed by atoms with Crippen LogP contribution < -0.4 is 0 Å². The summed E-state index contributed by atoms with van der Waals surface area (Å²) >= 11 is 0. The Kier molecular flexibility index (Phi) is 1.88. The van der Waals surface area contributed by atoms with Crippen LogP contribution in [0.5, 0.6) is 0 Å². The molecule has 0 amide bonds. The van der Waals surface area contributed by atoms with Crippen LogP contribution in [-0.4, -0.2) is 25.8 Å². The Morgan fingerprint density at radius 2 is 2.00 bits per heavy atom. The highest BCUT2D eigenvalue weighted by atomic mass is 16.8. The summed E-state index contributed by atoms with van der Waals surface area (Å²) in [7, 11) is 0. The molecule has 3 heteroatoms. The van der Waals surface area contributed by atoms with Crippen molar-refractivity contribution >= 4 is 0 Å². The Balaban J connectivity index is 1.69. The molecular formula is C7H12O3. The van der Waals surface area contributed by atoms with E-state index in [1.807, 2.05) is 0 Å².